The lowest BCUT2D eigenvalue weighted by molar-refractivity contribution is -0.137. The summed E-state index contributed by atoms with van der Waals surface area (Å²) in [6.07, 6.45) is 5.81. The Morgan fingerprint density at radius 2 is 1.47 bits per heavy atom. The van der Waals surface area contributed by atoms with Crippen LogP contribution in [-0.4, -0.2) is 56.1 Å². The third-order valence-corrected chi connectivity index (χ3v) is 7.12. The smallest absolute Gasteiger partial charge is 0.379 e. The highest BCUT2D eigenvalue weighted by Crippen LogP contribution is 2.26. The molecule has 0 atom stereocenters. The van der Waals surface area contributed by atoms with E-state index >= 15 is 0 Å². The fourth-order valence-corrected chi connectivity index (χ4v) is 4.45. The number of esters is 1. The molecule has 2 aromatic carbocycles. The van der Waals surface area contributed by atoms with Crippen LogP contribution in [-0.2, 0) is 14.3 Å². The lowest BCUT2D eigenvalue weighted by Crippen LogP contribution is -2.29. The highest BCUT2D eigenvalue weighted by Gasteiger charge is 2.25. The van der Waals surface area contributed by atoms with Gasteiger partial charge in [-0.15, -0.1) is 0 Å². The molecule has 0 saturated carbocycles. The first-order valence-corrected chi connectivity index (χ1v) is 15.8. The number of carboxylic acid groups (broad SMARTS) is 1. The summed E-state index contributed by atoms with van der Waals surface area (Å²) in [6.45, 7) is 8.47. The van der Waals surface area contributed by atoms with Crippen molar-refractivity contribution in [3.05, 3.63) is 118 Å². The quantitative estimate of drug-likeness (QED) is 0.0939. The lowest BCUT2D eigenvalue weighted by Gasteiger charge is -2.18. The molecule has 3 heterocycles. The van der Waals surface area contributed by atoms with Gasteiger partial charge in [0.1, 0.15) is 0 Å². The molecule has 5 rings (SSSR count). The molecule has 0 bridgehead atoms. The summed E-state index contributed by atoms with van der Waals surface area (Å²) in [6, 6.07) is 18.6. The van der Waals surface area contributed by atoms with Crippen molar-refractivity contribution in [2.45, 2.75) is 42.0 Å². The van der Waals surface area contributed by atoms with Crippen molar-refractivity contribution in [2.24, 2.45) is 5.41 Å². The van der Waals surface area contributed by atoms with E-state index in [9.17, 15) is 29.1 Å². The minimum absolute atomic E-state index is 0. The van der Waals surface area contributed by atoms with E-state index in [4.69, 9.17) is 23.2 Å². The van der Waals surface area contributed by atoms with Crippen LogP contribution in [0.15, 0.2) is 91.5 Å². The van der Waals surface area contributed by atoms with Gasteiger partial charge in [-0.05, 0) is 56.3 Å². The van der Waals surface area contributed by atoms with E-state index in [1.54, 1.807) is 94.7 Å². The molecular formula is C38H38Cl2N4O7. The summed E-state index contributed by atoms with van der Waals surface area (Å²) in [4.78, 5) is 69.8. The van der Waals surface area contributed by atoms with Gasteiger partial charge in [0.05, 0.1) is 47.0 Å². The first kappa shape index (κ1) is 41.7. The van der Waals surface area contributed by atoms with Crippen molar-refractivity contribution in [3.63, 3.8) is 0 Å². The third-order valence-electron chi connectivity index (χ3n) is 6.65. The van der Waals surface area contributed by atoms with Crippen molar-refractivity contribution in [2.75, 3.05) is 11.9 Å². The second-order valence-corrected chi connectivity index (χ2v) is 12.4. The molecule has 0 spiro atoms. The number of fused-ring (bicyclic) bond motifs is 1. The summed E-state index contributed by atoms with van der Waals surface area (Å²) < 4.78 is 4.66. The van der Waals surface area contributed by atoms with Gasteiger partial charge in [0.25, 0.3) is 5.78 Å². The number of hydrogen-bond donors (Lipinski definition) is 2. The monoisotopic (exact) mass is 732 g/mol. The van der Waals surface area contributed by atoms with Crippen molar-refractivity contribution in [3.8, 4) is 11.3 Å². The zero-order valence-corrected chi connectivity index (χ0v) is 29.4. The molecule has 0 unspecified atom stereocenters. The number of rotatable bonds is 7. The maximum absolute atomic E-state index is 11.9. The summed E-state index contributed by atoms with van der Waals surface area (Å²) in [5, 5.41) is 13.7. The van der Waals surface area contributed by atoms with Gasteiger partial charge in [0.2, 0.25) is 5.91 Å². The number of carbonyl (C=O) groups is 5. The Bertz CT molecular complexity index is 2050. The number of benzene rings is 2. The number of aromatic carboxylic acids is 1. The van der Waals surface area contributed by atoms with Crippen LogP contribution in [0.4, 0.5) is 5.69 Å². The van der Waals surface area contributed by atoms with E-state index < -0.39 is 23.1 Å². The number of carboxylic acids is 1. The van der Waals surface area contributed by atoms with Gasteiger partial charge in [0.15, 0.2) is 5.78 Å². The maximum Gasteiger partial charge on any atom is 0.379 e. The number of nitrogens with one attached hydrogen (secondary N) is 1. The van der Waals surface area contributed by atoms with Crippen LogP contribution < -0.4 is 5.32 Å². The van der Waals surface area contributed by atoms with E-state index in [0.717, 1.165) is 5.56 Å². The number of anilines is 1. The molecule has 0 aliphatic heterocycles. The number of nitrogens with zero attached hydrogens (tertiary/aromatic N) is 3. The molecule has 0 fully saturated rings. The molecule has 51 heavy (non-hydrogen) atoms. The molecule has 5 aromatic rings. The Morgan fingerprint density at radius 1 is 0.843 bits per heavy atom. The number of Topliss-reactive ketones (excluding diaryl/α,β-unsaturated/α-hetero) is 2. The summed E-state index contributed by atoms with van der Waals surface area (Å²) in [5.74, 6) is -2.98. The van der Waals surface area contributed by atoms with Crippen molar-refractivity contribution < 1.29 is 33.8 Å². The van der Waals surface area contributed by atoms with Crippen LogP contribution in [0, 0.1) is 5.41 Å². The highest BCUT2D eigenvalue weighted by molar-refractivity contribution is 6.42. The van der Waals surface area contributed by atoms with Crippen molar-refractivity contribution in [1.82, 2.24) is 15.0 Å². The minimum atomic E-state index is -0.994. The van der Waals surface area contributed by atoms with Gasteiger partial charge in [-0.25, -0.2) is 14.6 Å². The molecule has 0 radical (unpaired) electrons. The third kappa shape index (κ3) is 12.1. The molecule has 1 amide bonds. The topological polar surface area (TPSA) is 166 Å². The minimum Gasteiger partial charge on any atom is -0.478 e. The summed E-state index contributed by atoms with van der Waals surface area (Å²) in [5.41, 5.74) is 2.38. The molecule has 0 saturated heterocycles. The summed E-state index contributed by atoms with van der Waals surface area (Å²) >= 11 is 11.6. The Hall–Kier alpha value is -5.52. The van der Waals surface area contributed by atoms with E-state index in [1.807, 2.05) is 6.07 Å². The predicted octanol–water partition coefficient (Wildman–Crippen LogP) is 8.64. The van der Waals surface area contributed by atoms with E-state index in [0.29, 0.717) is 32.2 Å². The lowest BCUT2D eigenvalue weighted by atomic mass is 9.95. The molecule has 3 aromatic heterocycles. The van der Waals surface area contributed by atoms with Crippen LogP contribution in [0.1, 0.15) is 73.1 Å². The van der Waals surface area contributed by atoms with Crippen molar-refractivity contribution >= 4 is 69.2 Å². The zero-order valence-electron chi connectivity index (χ0n) is 27.9. The fourth-order valence-electron chi connectivity index (χ4n) is 4.07. The average molecular weight is 734 g/mol. The number of pyridine rings is 3. The molecule has 11 nitrogen and oxygen atoms in total. The number of halogens is 2. The molecule has 13 heteroatoms. The second-order valence-electron chi connectivity index (χ2n) is 11.5. The Kier molecular flexibility index (Phi) is 15.5. The Morgan fingerprint density at radius 3 is 2.04 bits per heavy atom. The van der Waals surface area contributed by atoms with Gasteiger partial charge >= 0.3 is 11.9 Å². The van der Waals surface area contributed by atoms with Gasteiger partial charge in [0, 0.05) is 44.4 Å². The van der Waals surface area contributed by atoms with Crippen LogP contribution in [0.3, 0.4) is 0 Å². The Balaban J connectivity index is 0.000000277. The number of amides is 1. The van der Waals surface area contributed by atoms with Crippen molar-refractivity contribution in [1.29, 1.82) is 0 Å². The number of carbonyl (C=O) groups excluding carboxylic acids is 4. The molecule has 0 aliphatic carbocycles. The first-order chi connectivity index (χ1) is 23.6. The van der Waals surface area contributed by atoms with Gasteiger partial charge in [-0.3, -0.25) is 24.4 Å². The van der Waals surface area contributed by atoms with E-state index in [1.165, 1.54) is 25.4 Å². The molecule has 2 N–H and O–H groups in total. The number of aromatic nitrogens is 3. The van der Waals surface area contributed by atoms with Gasteiger partial charge in [-0.1, -0.05) is 75.7 Å². The number of ketones is 2. The molecule has 266 valence electrons. The van der Waals surface area contributed by atoms with Crippen LogP contribution in [0.5, 0.6) is 0 Å². The number of hydrogen-bond acceptors (Lipinski definition) is 9. The normalized spacial score (nSPS) is 10.3. The first-order valence-electron chi connectivity index (χ1n) is 15.1. The van der Waals surface area contributed by atoms with Crippen LogP contribution in [0.2, 0.25) is 10.0 Å². The Labute approximate surface area is 306 Å². The molecular weight excluding hydrogens is 695 g/mol. The second kappa shape index (κ2) is 19.0. The van der Waals surface area contributed by atoms with E-state index in [2.05, 4.69) is 25.0 Å². The van der Waals surface area contributed by atoms with E-state index in [-0.39, 0.29) is 42.5 Å². The maximum atomic E-state index is 11.9. The zero-order chi connectivity index (χ0) is 37.0. The number of ether oxygens (including phenoxy) is 1. The summed E-state index contributed by atoms with van der Waals surface area (Å²) in [7, 11) is 0. The molecule has 0 aliphatic rings. The standard InChI is InChI=1S/C15H9ClN2O2.C14H18N2O4.C8H7ClO.CH4/c16-10-3-1-2-9(6-10)13-7-12(15(19)20)11-4-5-17-8-14(11)18-13;1-5-20-12(18)11(17)9-6-7-15-8-10(9)16-13(19)14(2,3)4;1-6(10)7-3-2-4-8(9)5-7;/h1-8H,(H,19,20);6-8H,5H2,1-4H3,(H,16,19);2-5H,1H3;1H4. The highest BCUT2D eigenvalue weighted by atomic mass is 35.5. The van der Waals surface area contributed by atoms with Gasteiger partial charge in [-0.2, -0.15) is 0 Å². The van der Waals surface area contributed by atoms with Crippen LogP contribution in [0.25, 0.3) is 22.2 Å². The SMILES string of the molecule is C.CC(=O)c1cccc(Cl)c1.CCOC(=O)C(=O)c1ccncc1NC(=O)C(C)(C)C.O=C(O)c1cc(-c2cccc(Cl)c2)nc2cnccc12. The largest absolute Gasteiger partial charge is 0.478 e. The fraction of sp³-hybridized carbons (Fsp3) is 0.211. The average Bonchev–Trinajstić information content (AvgIpc) is 3.08. The van der Waals surface area contributed by atoms with Gasteiger partial charge < -0.3 is 15.2 Å². The van der Waals surface area contributed by atoms with Crippen LogP contribution >= 0.6 is 23.2 Å². The predicted molar refractivity (Wildman–Crippen MR) is 198 cm³/mol.